The van der Waals surface area contributed by atoms with Crippen LogP contribution in [0, 0.1) is 13.8 Å². The van der Waals surface area contributed by atoms with E-state index in [1.54, 1.807) is 0 Å². The highest BCUT2D eigenvalue weighted by Crippen LogP contribution is 2.27. The van der Waals surface area contributed by atoms with Crippen LogP contribution in [-0.4, -0.2) is 19.7 Å². The van der Waals surface area contributed by atoms with E-state index in [2.05, 4.69) is 61.6 Å². The van der Waals surface area contributed by atoms with Crippen molar-refractivity contribution in [3.63, 3.8) is 0 Å². The lowest BCUT2D eigenvalue weighted by Crippen LogP contribution is -2.33. The SMILES string of the molecule is Cc1cc(C)cc(-c2cccc(C3CNCCO3)c2)c1. The monoisotopic (exact) mass is 267 g/mol. The highest BCUT2D eigenvalue weighted by atomic mass is 16.5. The van der Waals surface area contributed by atoms with Crippen molar-refractivity contribution in [2.75, 3.05) is 19.7 Å². The van der Waals surface area contributed by atoms with Gasteiger partial charge in [-0.05, 0) is 36.6 Å². The van der Waals surface area contributed by atoms with Crippen LogP contribution < -0.4 is 5.32 Å². The number of benzene rings is 2. The number of morpholine rings is 1. The van der Waals surface area contributed by atoms with Crippen LogP contribution in [0.3, 0.4) is 0 Å². The molecule has 2 aromatic carbocycles. The van der Waals surface area contributed by atoms with E-state index in [0.29, 0.717) is 0 Å². The van der Waals surface area contributed by atoms with E-state index in [1.807, 2.05) is 0 Å². The Labute approximate surface area is 120 Å². The van der Waals surface area contributed by atoms with Gasteiger partial charge in [-0.1, -0.05) is 47.5 Å². The molecule has 2 nitrogen and oxygen atoms in total. The summed E-state index contributed by atoms with van der Waals surface area (Å²) in [5.41, 5.74) is 6.42. The predicted octanol–water partition coefficient (Wildman–Crippen LogP) is 3.63. The molecule has 1 atom stereocenters. The molecule has 1 heterocycles. The molecular formula is C18H21NO. The van der Waals surface area contributed by atoms with Gasteiger partial charge in [-0.15, -0.1) is 0 Å². The summed E-state index contributed by atoms with van der Waals surface area (Å²) in [6, 6.07) is 15.4. The minimum atomic E-state index is 0.176. The lowest BCUT2D eigenvalue weighted by Gasteiger charge is -2.24. The molecule has 0 amide bonds. The molecule has 0 aromatic heterocycles. The number of hydrogen-bond donors (Lipinski definition) is 1. The third-order valence-corrected chi connectivity index (χ3v) is 3.74. The number of hydrogen-bond acceptors (Lipinski definition) is 2. The van der Waals surface area contributed by atoms with Gasteiger partial charge in [-0.25, -0.2) is 0 Å². The first-order valence-electron chi connectivity index (χ1n) is 7.23. The van der Waals surface area contributed by atoms with Crippen molar-refractivity contribution in [2.45, 2.75) is 20.0 Å². The summed E-state index contributed by atoms with van der Waals surface area (Å²) in [4.78, 5) is 0. The molecule has 1 aliphatic rings. The molecule has 1 saturated heterocycles. The molecule has 3 rings (SSSR count). The van der Waals surface area contributed by atoms with Crippen molar-refractivity contribution >= 4 is 0 Å². The molecule has 2 heteroatoms. The Morgan fingerprint density at radius 1 is 1.00 bits per heavy atom. The summed E-state index contributed by atoms with van der Waals surface area (Å²) in [6.07, 6.45) is 0.176. The number of aryl methyl sites for hydroxylation is 2. The van der Waals surface area contributed by atoms with Crippen molar-refractivity contribution in [3.05, 3.63) is 59.2 Å². The zero-order valence-corrected chi connectivity index (χ0v) is 12.1. The molecule has 0 aliphatic carbocycles. The molecule has 1 N–H and O–H groups in total. The van der Waals surface area contributed by atoms with E-state index in [-0.39, 0.29) is 6.10 Å². The van der Waals surface area contributed by atoms with Crippen molar-refractivity contribution in [3.8, 4) is 11.1 Å². The molecule has 0 saturated carbocycles. The number of rotatable bonds is 2. The van der Waals surface area contributed by atoms with Gasteiger partial charge in [0, 0.05) is 13.1 Å². The minimum Gasteiger partial charge on any atom is -0.371 e. The van der Waals surface area contributed by atoms with E-state index >= 15 is 0 Å². The second-order valence-corrected chi connectivity index (χ2v) is 5.57. The van der Waals surface area contributed by atoms with Gasteiger partial charge in [0.2, 0.25) is 0 Å². The molecule has 1 aliphatic heterocycles. The van der Waals surface area contributed by atoms with Gasteiger partial charge in [0.15, 0.2) is 0 Å². The van der Waals surface area contributed by atoms with Crippen molar-refractivity contribution < 1.29 is 4.74 Å². The number of ether oxygens (including phenoxy) is 1. The Morgan fingerprint density at radius 2 is 1.80 bits per heavy atom. The average Bonchev–Trinajstić information content (AvgIpc) is 2.47. The highest BCUT2D eigenvalue weighted by Gasteiger charge is 2.15. The second-order valence-electron chi connectivity index (χ2n) is 5.57. The van der Waals surface area contributed by atoms with E-state index in [1.165, 1.54) is 27.8 Å². The second kappa shape index (κ2) is 5.78. The molecule has 0 spiro atoms. The number of nitrogens with one attached hydrogen (secondary N) is 1. The Kier molecular flexibility index (Phi) is 3.86. The Morgan fingerprint density at radius 3 is 2.50 bits per heavy atom. The summed E-state index contributed by atoms with van der Waals surface area (Å²) >= 11 is 0. The molecular weight excluding hydrogens is 246 g/mol. The third kappa shape index (κ3) is 2.92. The van der Waals surface area contributed by atoms with Crippen LogP contribution in [0.5, 0.6) is 0 Å². The van der Waals surface area contributed by atoms with Crippen LogP contribution in [0.1, 0.15) is 22.8 Å². The van der Waals surface area contributed by atoms with Crippen LogP contribution in [0.2, 0.25) is 0 Å². The quantitative estimate of drug-likeness (QED) is 0.897. The van der Waals surface area contributed by atoms with Gasteiger partial charge >= 0.3 is 0 Å². The van der Waals surface area contributed by atoms with Gasteiger partial charge in [-0.2, -0.15) is 0 Å². The first-order chi connectivity index (χ1) is 9.72. The zero-order chi connectivity index (χ0) is 13.9. The van der Waals surface area contributed by atoms with Gasteiger partial charge in [0.25, 0.3) is 0 Å². The van der Waals surface area contributed by atoms with Gasteiger partial charge in [-0.3, -0.25) is 0 Å². The standard InChI is InChI=1S/C18H21NO/c1-13-8-14(2)10-17(9-13)15-4-3-5-16(11-15)18-12-19-6-7-20-18/h3-5,8-11,18-19H,6-7,12H2,1-2H3. The zero-order valence-electron chi connectivity index (χ0n) is 12.1. The van der Waals surface area contributed by atoms with Crippen LogP contribution in [0.25, 0.3) is 11.1 Å². The van der Waals surface area contributed by atoms with E-state index in [0.717, 1.165) is 19.7 Å². The van der Waals surface area contributed by atoms with Crippen molar-refractivity contribution in [1.29, 1.82) is 0 Å². The Balaban J connectivity index is 1.93. The lowest BCUT2D eigenvalue weighted by molar-refractivity contribution is 0.0277. The molecule has 104 valence electrons. The van der Waals surface area contributed by atoms with Crippen LogP contribution >= 0.6 is 0 Å². The van der Waals surface area contributed by atoms with E-state index in [9.17, 15) is 0 Å². The molecule has 1 unspecified atom stereocenters. The summed E-state index contributed by atoms with van der Waals surface area (Å²) < 4.78 is 5.84. The lowest BCUT2D eigenvalue weighted by atomic mass is 9.97. The van der Waals surface area contributed by atoms with Crippen LogP contribution in [0.15, 0.2) is 42.5 Å². The fourth-order valence-corrected chi connectivity index (χ4v) is 2.84. The average molecular weight is 267 g/mol. The maximum Gasteiger partial charge on any atom is 0.0950 e. The van der Waals surface area contributed by atoms with Crippen molar-refractivity contribution in [1.82, 2.24) is 5.32 Å². The first kappa shape index (κ1) is 13.3. The fraction of sp³-hybridized carbons (Fsp3) is 0.333. The molecule has 0 bridgehead atoms. The molecule has 2 aromatic rings. The third-order valence-electron chi connectivity index (χ3n) is 3.74. The van der Waals surface area contributed by atoms with Gasteiger partial charge in [0.1, 0.15) is 0 Å². The molecule has 1 fully saturated rings. The summed E-state index contributed by atoms with van der Waals surface area (Å²) in [5, 5.41) is 3.39. The predicted molar refractivity (Wildman–Crippen MR) is 82.9 cm³/mol. The van der Waals surface area contributed by atoms with Crippen LogP contribution in [-0.2, 0) is 4.74 Å². The summed E-state index contributed by atoms with van der Waals surface area (Å²) in [7, 11) is 0. The smallest absolute Gasteiger partial charge is 0.0950 e. The van der Waals surface area contributed by atoms with Crippen molar-refractivity contribution in [2.24, 2.45) is 0 Å². The Bertz CT molecular complexity index is 580. The summed E-state index contributed by atoms with van der Waals surface area (Å²) in [5.74, 6) is 0. The van der Waals surface area contributed by atoms with Gasteiger partial charge in [0.05, 0.1) is 12.7 Å². The Hall–Kier alpha value is -1.64. The van der Waals surface area contributed by atoms with Gasteiger partial charge < -0.3 is 10.1 Å². The highest BCUT2D eigenvalue weighted by molar-refractivity contribution is 5.66. The topological polar surface area (TPSA) is 21.3 Å². The van der Waals surface area contributed by atoms with Crippen LogP contribution in [0.4, 0.5) is 0 Å². The van der Waals surface area contributed by atoms with E-state index in [4.69, 9.17) is 4.74 Å². The molecule has 0 radical (unpaired) electrons. The molecule has 20 heavy (non-hydrogen) atoms. The summed E-state index contributed by atoms with van der Waals surface area (Å²) in [6.45, 7) is 6.94. The largest absolute Gasteiger partial charge is 0.371 e. The minimum absolute atomic E-state index is 0.176. The maximum absolute atomic E-state index is 5.84. The normalized spacial score (nSPS) is 19.0. The first-order valence-corrected chi connectivity index (χ1v) is 7.23. The maximum atomic E-state index is 5.84. The fourth-order valence-electron chi connectivity index (χ4n) is 2.84. The van der Waals surface area contributed by atoms with E-state index < -0.39 is 0 Å².